The molecule has 0 spiro atoms. The number of nitrogens with two attached hydrogens (primary N) is 1. The third-order valence-electron chi connectivity index (χ3n) is 3.30. The smallest absolute Gasteiger partial charge is 0.258 e. The van der Waals surface area contributed by atoms with Crippen LogP contribution in [0.25, 0.3) is 0 Å². The molecule has 0 aliphatic carbocycles. The lowest BCUT2D eigenvalue weighted by Crippen LogP contribution is -2.22. The van der Waals surface area contributed by atoms with E-state index in [0.717, 1.165) is 5.56 Å². The third kappa shape index (κ3) is 3.51. The van der Waals surface area contributed by atoms with Gasteiger partial charge in [0.15, 0.2) is 6.10 Å². The first-order chi connectivity index (χ1) is 10.5. The van der Waals surface area contributed by atoms with E-state index in [9.17, 15) is 4.79 Å². The zero-order chi connectivity index (χ0) is 16.1. The maximum Gasteiger partial charge on any atom is 0.258 e. The van der Waals surface area contributed by atoms with E-state index in [4.69, 9.17) is 15.9 Å². The molecule has 0 heterocycles. The average molecular weight is 297 g/mol. The van der Waals surface area contributed by atoms with Gasteiger partial charge in [-0.2, -0.15) is 0 Å². The molecule has 0 saturated heterocycles. The molecular formula is C17H19N3O2. The van der Waals surface area contributed by atoms with Crippen LogP contribution in [0.5, 0.6) is 0 Å². The summed E-state index contributed by atoms with van der Waals surface area (Å²) in [5.74, 6) is -0.271. The predicted molar refractivity (Wildman–Crippen MR) is 88.2 cm³/mol. The summed E-state index contributed by atoms with van der Waals surface area (Å²) in [7, 11) is 1.49. The predicted octanol–water partition coefficient (Wildman–Crippen LogP) is 2.98. The molecule has 1 atom stereocenters. The Morgan fingerprint density at radius 1 is 1.23 bits per heavy atom. The summed E-state index contributed by atoms with van der Waals surface area (Å²) in [6.45, 7) is 1.65. The van der Waals surface area contributed by atoms with Gasteiger partial charge in [-0.1, -0.05) is 30.3 Å². The van der Waals surface area contributed by atoms with Crippen LogP contribution >= 0.6 is 0 Å². The Kier molecular flexibility index (Phi) is 4.91. The van der Waals surface area contributed by atoms with Crippen molar-refractivity contribution in [1.29, 1.82) is 5.41 Å². The number of hydrogen-bond acceptors (Lipinski definition) is 4. The number of hydrogen-bond donors (Lipinski definition) is 3. The van der Waals surface area contributed by atoms with Gasteiger partial charge in [0, 0.05) is 29.8 Å². The zero-order valence-corrected chi connectivity index (χ0v) is 12.6. The molecule has 2 aromatic carbocycles. The highest BCUT2D eigenvalue weighted by molar-refractivity contribution is 6.03. The van der Waals surface area contributed by atoms with Crippen LogP contribution in [0.1, 0.15) is 24.2 Å². The van der Waals surface area contributed by atoms with Gasteiger partial charge >= 0.3 is 0 Å². The van der Waals surface area contributed by atoms with Gasteiger partial charge in [0.1, 0.15) is 0 Å². The Hall–Kier alpha value is -2.66. The molecule has 1 amide bonds. The molecule has 0 aliphatic rings. The van der Waals surface area contributed by atoms with Crippen molar-refractivity contribution < 1.29 is 9.53 Å². The zero-order valence-electron chi connectivity index (χ0n) is 12.6. The van der Waals surface area contributed by atoms with E-state index in [2.05, 4.69) is 5.32 Å². The fourth-order valence-corrected chi connectivity index (χ4v) is 2.19. The molecule has 0 fully saturated rings. The van der Waals surface area contributed by atoms with E-state index in [1.165, 1.54) is 7.11 Å². The van der Waals surface area contributed by atoms with Crippen LogP contribution in [0.3, 0.4) is 0 Å². The summed E-state index contributed by atoms with van der Waals surface area (Å²) >= 11 is 0. The van der Waals surface area contributed by atoms with Gasteiger partial charge in [-0.3, -0.25) is 4.79 Å². The lowest BCUT2D eigenvalue weighted by Gasteiger charge is -2.16. The Morgan fingerprint density at radius 2 is 1.91 bits per heavy atom. The van der Waals surface area contributed by atoms with Gasteiger partial charge in [-0.25, -0.2) is 0 Å². The first kappa shape index (κ1) is 15.7. The van der Waals surface area contributed by atoms with E-state index in [0.29, 0.717) is 22.6 Å². The summed E-state index contributed by atoms with van der Waals surface area (Å²) in [5, 5.41) is 10.5. The Balaban J connectivity index is 2.21. The standard InChI is InChI=1S/C17H19N3O2/c1-11(18)14-10-13(8-9-15(14)19)20-17(21)16(22-2)12-6-4-3-5-7-12/h3-10,16,18H,19H2,1-2H3,(H,20,21)/t16-/m1/s1. The molecule has 4 N–H and O–H groups in total. The number of methoxy groups -OCH3 is 1. The summed E-state index contributed by atoms with van der Waals surface area (Å²) in [6, 6.07) is 14.3. The maximum absolute atomic E-state index is 12.4. The first-order valence-electron chi connectivity index (χ1n) is 6.86. The molecule has 0 aromatic heterocycles. The molecule has 0 saturated carbocycles. The summed E-state index contributed by atoms with van der Waals surface area (Å²) < 4.78 is 5.29. The van der Waals surface area contributed by atoms with Gasteiger partial charge in [0.05, 0.1) is 0 Å². The number of carbonyl (C=O) groups is 1. The number of carbonyl (C=O) groups excluding carboxylic acids is 1. The molecular weight excluding hydrogens is 278 g/mol. The van der Waals surface area contributed by atoms with Crippen molar-refractivity contribution in [3.05, 3.63) is 59.7 Å². The highest BCUT2D eigenvalue weighted by Gasteiger charge is 2.20. The molecule has 5 nitrogen and oxygen atoms in total. The first-order valence-corrected chi connectivity index (χ1v) is 6.86. The van der Waals surface area contributed by atoms with Crippen LogP contribution in [0, 0.1) is 5.41 Å². The van der Waals surface area contributed by atoms with Crippen molar-refractivity contribution in [2.75, 3.05) is 18.2 Å². The monoisotopic (exact) mass is 297 g/mol. The lowest BCUT2D eigenvalue weighted by atomic mass is 10.1. The second-order valence-electron chi connectivity index (χ2n) is 4.94. The van der Waals surface area contributed by atoms with Crippen LogP contribution in [0.2, 0.25) is 0 Å². The minimum Gasteiger partial charge on any atom is -0.398 e. The number of benzene rings is 2. The maximum atomic E-state index is 12.4. The van der Waals surface area contributed by atoms with Gasteiger partial charge in [-0.05, 0) is 30.7 Å². The normalized spacial score (nSPS) is 11.7. The van der Waals surface area contributed by atoms with Crippen LogP contribution < -0.4 is 11.1 Å². The van der Waals surface area contributed by atoms with Crippen LogP contribution in [-0.2, 0) is 9.53 Å². The minimum absolute atomic E-state index is 0.271. The van der Waals surface area contributed by atoms with Gasteiger partial charge in [-0.15, -0.1) is 0 Å². The molecule has 0 bridgehead atoms. The molecule has 114 valence electrons. The molecule has 5 heteroatoms. The topological polar surface area (TPSA) is 88.2 Å². The van der Waals surface area contributed by atoms with E-state index >= 15 is 0 Å². The second kappa shape index (κ2) is 6.87. The summed E-state index contributed by atoms with van der Waals surface area (Å²) in [4.78, 5) is 12.4. The van der Waals surface area contributed by atoms with E-state index < -0.39 is 6.10 Å². The highest BCUT2D eigenvalue weighted by Crippen LogP contribution is 2.22. The summed E-state index contributed by atoms with van der Waals surface area (Å²) in [5.41, 5.74) is 8.64. The number of anilines is 2. The van der Waals surface area contributed by atoms with Gasteiger partial charge in [0.25, 0.3) is 5.91 Å². The van der Waals surface area contributed by atoms with Crippen LogP contribution in [-0.4, -0.2) is 18.7 Å². The van der Waals surface area contributed by atoms with Gasteiger partial charge < -0.3 is 21.2 Å². The largest absolute Gasteiger partial charge is 0.398 e. The highest BCUT2D eigenvalue weighted by atomic mass is 16.5. The quantitative estimate of drug-likeness (QED) is 0.585. The fraction of sp³-hybridized carbons (Fsp3) is 0.176. The molecule has 0 radical (unpaired) electrons. The number of nitrogens with one attached hydrogen (secondary N) is 2. The minimum atomic E-state index is -0.691. The van der Waals surface area contributed by atoms with E-state index in [1.54, 1.807) is 25.1 Å². The molecule has 2 rings (SSSR count). The Labute approximate surface area is 129 Å². The van der Waals surface area contributed by atoms with E-state index in [1.807, 2.05) is 30.3 Å². The number of nitrogen functional groups attached to an aromatic ring is 1. The number of rotatable bonds is 5. The van der Waals surface area contributed by atoms with Crippen molar-refractivity contribution in [3.8, 4) is 0 Å². The molecule has 0 aliphatic heterocycles. The fourth-order valence-electron chi connectivity index (χ4n) is 2.19. The van der Waals surface area contributed by atoms with Crippen molar-refractivity contribution >= 4 is 23.0 Å². The Bertz CT molecular complexity index is 684. The molecule has 2 aromatic rings. The third-order valence-corrected chi connectivity index (χ3v) is 3.30. The number of amides is 1. The van der Waals surface area contributed by atoms with Crippen molar-refractivity contribution in [2.24, 2.45) is 0 Å². The molecule has 22 heavy (non-hydrogen) atoms. The Morgan fingerprint density at radius 3 is 2.50 bits per heavy atom. The lowest BCUT2D eigenvalue weighted by molar-refractivity contribution is -0.126. The van der Waals surface area contributed by atoms with Crippen LogP contribution in [0.4, 0.5) is 11.4 Å². The van der Waals surface area contributed by atoms with Crippen molar-refractivity contribution in [2.45, 2.75) is 13.0 Å². The SMILES string of the molecule is CO[C@@H](C(=O)Nc1ccc(N)c(C(C)=N)c1)c1ccccc1. The second-order valence-corrected chi connectivity index (χ2v) is 4.94. The average Bonchev–Trinajstić information content (AvgIpc) is 2.51. The van der Waals surface area contributed by atoms with Crippen molar-refractivity contribution in [3.63, 3.8) is 0 Å². The van der Waals surface area contributed by atoms with Crippen LogP contribution in [0.15, 0.2) is 48.5 Å². The van der Waals surface area contributed by atoms with Gasteiger partial charge in [0.2, 0.25) is 0 Å². The number of ether oxygens (including phenoxy) is 1. The summed E-state index contributed by atoms with van der Waals surface area (Å²) in [6.07, 6.45) is -0.691. The van der Waals surface area contributed by atoms with E-state index in [-0.39, 0.29) is 5.91 Å². The van der Waals surface area contributed by atoms with Crippen molar-refractivity contribution in [1.82, 2.24) is 0 Å². The molecule has 0 unspecified atom stereocenters.